The normalized spacial score (nSPS) is 11.3. The van der Waals surface area contributed by atoms with E-state index < -0.39 is 28.8 Å². The van der Waals surface area contributed by atoms with Crippen LogP contribution in [0, 0.1) is 0 Å². The Bertz CT molecular complexity index is 370. The summed E-state index contributed by atoms with van der Waals surface area (Å²) >= 11 is 0. The highest BCUT2D eigenvalue weighted by atomic mass is 16.5. The number of phenolic OH excluding ortho intramolecular Hbond substituents is 2. The minimum absolute atomic E-state index is 0.628. The SMILES string of the molecule is O=C(O)C(O)(O)c1cccc(O)c1O. The molecule has 0 radical (unpaired) electrons. The second-order valence-electron chi connectivity index (χ2n) is 2.65. The monoisotopic (exact) mass is 200 g/mol. The fraction of sp³-hybridized carbons (Fsp3) is 0.125. The molecule has 0 heterocycles. The standard InChI is InChI=1S/C8H8O6/c9-5-3-1-2-4(6(5)10)8(13,14)7(11)12/h1-3,9-10,13-14H,(H,11,12). The van der Waals surface area contributed by atoms with E-state index in [9.17, 15) is 4.79 Å². The topological polar surface area (TPSA) is 118 Å². The van der Waals surface area contributed by atoms with Gasteiger partial charge in [0, 0.05) is 0 Å². The Balaban J connectivity index is 3.33. The van der Waals surface area contributed by atoms with Gasteiger partial charge in [0.15, 0.2) is 11.5 Å². The van der Waals surface area contributed by atoms with Crippen LogP contribution in [0.3, 0.4) is 0 Å². The van der Waals surface area contributed by atoms with Gasteiger partial charge in [0.05, 0.1) is 5.56 Å². The van der Waals surface area contributed by atoms with Crippen LogP contribution in [0.25, 0.3) is 0 Å². The number of carboxylic acid groups (broad SMARTS) is 1. The number of benzene rings is 1. The van der Waals surface area contributed by atoms with Crippen LogP contribution in [0.15, 0.2) is 18.2 Å². The lowest BCUT2D eigenvalue weighted by atomic mass is 10.0. The number of aliphatic carboxylic acids is 1. The third-order valence-corrected chi connectivity index (χ3v) is 1.69. The van der Waals surface area contributed by atoms with Crippen molar-refractivity contribution < 1.29 is 30.3 Å². The lowest BCUT2D eigenvalue weighted by molar-refractivity contribution is -0.208. The highest BCUT2D eigenvalue weighted by molar-refractivity contribution is 5.78. The summed E-state index contributed by atoms with van der Waals surface area (Å²) in [4.78, 5) is 10.4. The van der Waals surface area contributed by atoms with Crippen LogP contribution < -0.4 is 0 Å². The van der Waals surface area contributed by atoms with E-state index in [0.717, 1.165) is 12.1 Å². The summed E-state index contributed by atoms with van der Waals surface area (Å²) in [6.07, 6.45) is 0. The molecule has 0 saturated heterocycles. The average Bonchev–Trinajstić information content (AvgIpc) is 2.09. The first kappa shape index (κ1) is 10.3. The maximum Gasteiger partial charge on any atom is 0.369 e. The summed E-state index contributed by atoms with van der Waals surface area (Å²) in [5, 5.41) is 44.7. The van der Waals surface area contributed by atoms with Crippen LogP contribution in [0.4, 0.5) is 0 Å². The highest BCUT2D eigenvalue weighted by Crippen LogP contribution is 2.34. The van der Waals surface area contributed by atoms with Crippen LogP contribution in [0.5, 0.6) is 11.5 Å². The van der Waals surface area contributed by atoms with E-state index in [1.54, 1.807) is 0 Å². The lowest BCUT2D eigenvalue weighted by Crippen LogP contribution is -2.35. The Kier molecular flexibility index (Phi) is 2.33. The van der Waals surface area contributed by atoms with Crippen molar-refractivity contribution in [2.45, 2.75) is 5.79 Å². The first-order chi connectivity index (χ1) is 6.37. The largest absolute Gasteiger partial charge is 0.504 e. The Morgan fingerprint density at radius 2 is 1.79 bits per heavy atom. The van der Waals surface area contributed by atoms with Crippen molar-refractivity contribution in [2.24, 2.45) is 0 Å². The van der Waals surface area contributed by atoms with Gasteiger partial charge in [-0.15, -0.1) is 0 Å². The Morgan fingerprint density at radius 3 is 2.29 bits per heavy atom. The molecule has 1 aromatic rings. The van der Waals surface area contributed by atoms with Crippen molar-refractivity contribution in [3.63, 3.8) is 0 Å². The summed E-state index contributed by atoms with van der Waals surface area (Å²) in [5.74, 6) is -6.67. The highest BCUT2D eigenvalue weighted by Gasteiger charge is 2.38. The zero-order chi connectivity index (χ0) is 10.9. The van der Waals surface area contributed by atoms with Gasteiger partial charge >= 0.3 is 5.97 Å². The smallest absolute Gasteiger partial charge is 0.369 e. The van der Waals surface area contributed by atoms with Crippen molar-refractivity contribution in [1.82, 2.24) is 0 Å². The van der Waals surface area contributed by atoms with Gasteiger partial charge in [-0.05, 0) is 12.1 Å². The molecule has 6 heteroatoms. The van der Waals surface area contributed by atoms with Gasteiger partial charge < -0.3 is 25.5 Å². The van der Waals surface area contributed by atoms with E-state index >= 15 is 0 Å². The minimum atomic E-state index is -3.22. The molecule has 0 aliphatic rings. The number of para-hydroxylation sites is 1. The predicted molar refractivity (Wildman–Crippen MR) is 43.5 cm³/mol. The van der Waals surface area contributed by atoms with Crippen molar-refractivity contribution in [3.8, 4) is 11.5 Å². The average molecular weight is 200 g/mol. The maximum atomic E-state index is 10.4. The molecule has 0 aliphatic carbocycles. The molecule has 0 saturated carbocycles. The molecule has 0 amide bonds. The second-order valence-corrected chi connectivity index (χ2v) is 2.65. The van der Waals surface area contributed by atoms with Crippen LogP contribution in [0.1, 0.15) is 5.56 Å². The summed E-state index contributed by atoms with van der Waals surface area (Å²) in [6, 6.07) is 3.23. The molecular weight excluding hydrogens is 192 g/mol. The minimum Gasteiger partial charge on any atom is -0.504 e. The molecule has 76 valence electrons. The third kappa shape index (κ3) is 1.48. The van der Waals surface area contributed by atoms with Gasteiger partial charge in [-0.25, -0.2) is 4.79 Å². The maximum absolute atomic E-state index is 10.4. The van der Waals surface area contributed by atoms with E-state index in [1.165, 1.54) is 6.07 Å². The zero-order valence-corrected chi connectivity index (χ0v) is 6.88. The van der Waals surface area contributed by atoms with Crippen LogP contribution in [0.2, 0.25) is 0 Å². The van der Waals surface area contributed by atoms with Crippen molar-refractivity contribution >= 4 is 5.97 Å². The fourth-order valence-electron chi connectivity index (χ4n) is 0.928. The number of aromatic hydroxyl groups is 2. The van der Waals surface area contributed by atoms with Crippen molar-refractivity contribution in [3.05, 3.63) is 23.8 Å². The number of carboxylic acids is 1. The Hall–Kier alpha value is -1.79. The van der Waals surface area contributed by atoms with E-state index in [-0.39, 0.29) is 0 Å². The van der Waals surface area contributed by atoms with Gasteiger partial charge in [-0.1, -0.05) is 6.07 Å². The van der Waals surface area contributed by atoms with Crippen molar-refractivity contribution in [2.75, 3.05) is 0 Å². The first-order valence-corrected chi connectivity index (χ1v) is 3.57. The Morgan fingerprint density at radius 1 is 1.21 bits per heavy atom. The first-order valence-electron chi connectivity index (χ1n) is 3.57. The van der Waals surface area contributed by atoms with E-state index in [2.05, 4.69) is 0 Å². The quantitative estimate of drug-likeness (QED) is 0.319. The van der Waals surface area contributed by atoms with Crippen LogP contribution in [-0.2, 0) is 10.6 Å². The molecule has 0 spiro atoms. The fourth-order valence-corrected chi connectivity index (χ4v) is 0.928. The molecule has 1 aromatic carbocycles. The zero-order valence-electron chi connectivity index (χ0n) is 6.88. The second kappa shape index (κ2) is 3.17. The number of carbonyl (C=O) groups is 1. The molecular formula is C8H8O6. The predicted octanol–water partition coefficient (Wildman–Crippen LogP) is -0.680. The molecule has 14 heavy (non-hydrogen) atoms. The molecule has 5 N–H and O–H groups in total. The van der Waals surface area contributed by atoms with Gasteiger partial charge in [-0.2, -0.15) is 0 Å². The van der Waals surface area contributed by atoms with Gasteiger partial charge in [0.25, 0.3) is 5.79 Å². The summed E-state index contributed by atoms with van der Waals surface area (Å²) in [7, 11) is 0. The molecule has 0 bridgehead atoms. The molecule has 6 nitrogen and oxygen atoms in total. The lowest BCUT2D eigenvalue weighted by Gasteiger charge is -2.17. The molecule has 0 aromatic heterocycles. The molecule has 0 fully saturated rings. The molecule has 1 rings (SSSR count). The van der Waals surface area contributed by atoms with Crippen LogP contribution >= 0.6 is 0 Å². The molecule has 0 atom stereocenters. The van der Waals surface area contributed by atoms with E-state index in [4.69, 9.17) is 25.5 Å². The third-order valence-electron chi connectivity index (χ3n) is 1.69. The van der Waals surface area contributed by atoms with Gasteiger partial charge in [-0.3, -0.25) is 0 Å². The van der Waals surface area contributed by atoms with Gasteiger partial charge in [0.2, 0.25) is 0 Å². The van der Waals surface area contributed by atoms with Crippen molar-refractivity contribution in [1.29, 1.82) is 0 Å². The van der Waals surface area contributed by atoms with E-state index in [1.807, 2.05) is 0 Å². The van der Waals surface area contributed by atoms with Gasteiger partial charge in [0.1, 0.15) is 0 Å². The number of phenols is 2. The number of hydrogen-bond donors (Lipinski definition) is 5. The molecule has 0 unspecified atom stereocenters. The summed E-state index contributed by atoms with van der Waals surface area (Å²) in [6.45, 7) is 0. The van der Waals surface area contributed by atoms with E-state index in [0.29, 0.717) is 0 Å². The summed E-state index contributed by atoms with van der Waals surface area (Å²) in [5.41, 5.74) is -0.690. The number of aliphatic hydroxyl groups is 2. The summed E-state index contributed by atoms with van der Waals surface area (Å²) < 4.78 is 0. The number of rotatable bonds is 2. The van der Waals surface area contributed by atoms with Crippen LogP contribution in [-0.4, -0.2) is 31.5 Å². The number of hydrogen-bond acceptors (Lipinski definition) is 5. The Labute approximate surface area is 78.3 Å². The molecule has 0 aliphatic heterocycles.